The number of hydrogen-bond acceptors (Lipinski definition) is 3. The van der Waals surface area contributed by atoms with Crippen molar-refractivity contribution in [3.05, 3.63) is 22.4 Å². The van der Waals surface area contributed by atoms with Crippen molar-refractivity contribution in [2.24, 2.45) is 5.92 Å². The van der Waals surface area contributed by atoms with Crippen LogP contribution in [0.3, 0.4) is 0 Å². The number of carboxylic acid groups (broad SMARTS) is 1. The molecule has 0 aliphatic carbocycles. The van der Waals surface area contributed by atoms with E-state index in [2.05, 4.69) is 10.6 Å². The van der Waals surface area contributed by atoms with Crippen molar-refractivity contribution in [1.82, 2.24) is 10.6 Å². The summed E-state index contributed by atoms with van der Waals surface area (Å²) in [5, 5.41) is 16.4. The highest BCUT2D eigenvalue weighted by Gasteiger charge is 2.13. The molecule has 6 heteroatoms. The summed E-state index contributed by atoms with van der Waals surface area (Å²) in [5.41, 5.74) is 0. The number of thiophene rings is 1. The molecule has 0 spiro atoms. The van der Waals surface area contributed by atoms with Gasteiger partial charge in [-0.1, -0.05) is 19.4 Å². The fourth-order valence-electron chi connectivity index (χ4n) is 1.90. The zero-order valence-corrected chi connectivity index (χ0v) is 12.7. The van der Waals surface area contributed by atoms with Crippen molar-refractivity contribution < 1.29 is 14.7 Å². The van der Waals surface area contributed by atoms with Gasteiger partial charge in [-0.05, 0) is 24.3 Å². The molecule has 2 unspecified atom stereocenters. The highest BCUT2D eigenvalue weighted by atomic mass is 32.1. The fourth-order valence-corrected chi connectivity index (χ4v) is 2.74. The number of nitrogens with one attached hydrogen (secondary N) is 2. The molecule has 112 valence electrons. The Morgan fingerprint density at radius 3 is 2.75 bits per heavy atom. The molecule has 0 bridgehead atoms. The maximum Gasteiger partial charge on any atom is 0.315 e. The van der Waals surface area contributed by atoms with Gasteiger partial charge in [0.15, 0.2) is 0 Å². The lowest BCUT2D eigenvalue weighted by molar-refractivity contribution is -0.138. The Bertz CT molecular complexity index is 420. The molecule has 1 aromatic heterocycles. The van der Waals surface area contributed by atoms with Crippen molar-refractivity contribution in [2.45, 2.75) is 39.2 Å². The van der Waals surface area contributed by atoms with Crippen LogP contribution in [0.4, 0.5) is 4.79 Å². The minimum Gasteiger partial charge on any atom is -0.481 e. The Labute approximate surface area is 123 Å². The average Bonchev–Trinajstić information content (AvgIpc) is 2.86. The van der Waals surface area contributed by atoms with Gasteiger partial charge in [0.25, 0.3) is 0 Å². The van der Waals surface area contributed by atoms with Gasteiger partial charge in [-0.3, -0.25) is 4.79 Å². The van der Waals surface area contributed by atoms with Gasteiger partial charge >= 0.3 is 12.0 Å². The normalized spacial score (nSPS) is 13.5. The van der Waals surface area contributed by atoms with Crippen molar-refractivity contribution in [3.8, 4) is 0 Å². The number of aliphatic carboxylic acids is 1. The summed E-state index contributed by atoms with van der Waals surface area (Å²) in [6.45, 7) is 4.26. The first-order valence-corrected chi connectivity index (χ1v) is 7.67. The highest BCUT2D eigenvalue weighted by molar-refractivity contribution is 7.09. The molecule has 0 fully saturated rings. The molecule has 5 nitrogen and oxygen atoms in total. The van der Waals surface area contributed by atoms with E-state index in [1.54, 1.807) is 11.3 Å². The van der Waals surface area contributed by atoms with E-state index < -0.39 is 5.97 Å². The van der Waals surface area contributed by atoms with Gasteiger partial charge in [-0.15, -0.1) is 11.3 Å². The molecular weight excluding hydrogens is 276 g/mol. The highest BCUT2D eigenvalue weighted by Crippen LogP contribution is 2.11. The van der Waals surface area contributed by atoms with Crippen LogP contribution in [-0.2, 0) is 11.2 Å². The minimum atomic E-state index is -0.829. The lowest BCUT2D eigenvalue weighted by Gasteiger charge is -2.17. The van der Waals surface area contributed by atoms with E-state index in [4.69, 9.17) is 5.11 Å². The van der Waals surface area contributed by atoms with Crippen LogP contribution < -0.4 is 10.6 Å². The molecule has 0 saturated carbocycles. The van der Waals surface area contributed by atoms with E-state index in [1.165, 1.54) is 4.88 Å². The first-order valence-electron chi connectivity index (χ1n) is 6.79. The van der Waals surface area contributed by atoms with Crippen molar-refractivity contribution >= 4 is 23.3 Å². The summed E-state index contributed by atoms with van der Waals surface area (Å²) in [6, 6.07) is 3.84. The number of carbonyl (C=O) groups excluding carboxylic acids is 1. The number of carbonyl (C=O) groups is 2. The summed E-state index contributed by atoms with van der Waals surface area (Å²) in [4.78, 5) is 23.6. The Morgan fingerprint density at radius 2 is 2.20 bits per heavy atom. The van der Waals surface area contributed by atoms with Gasteiger partial charge in [0.1, 0.15) is 0 Å². The summed E-state index contributed by atoms with van der Waals surface area (Å²) >= 11 is 1.67. The second-order valence-corrected chi connectivity index (χ2v) is 5.94. The van der Waals surface area contributed by atoms with Gasteiger partial charge in [0.2, 0.25) is 0 Å². The van der Waals surface area contributed by atoms with E-state index >= 15 is 0 Å². The molecule has 0 aliphatic heterocycles. The van der Waals surface area contributed by atoms with Crippen molar-refractivity contribution in [1.29, 1.82) is 0 Å². The second-order valence-electron chi connectivity index (χ2n) is 4.91. The first-order chi connectivity index (χ1) is 9.51. The third-order valence-electron chi connectivity index (χ3n) is 3.06. The van der Waals surface area contributed by atoms with E-state index in [0.29, 0.717) is 6.54 Å². The summed E-state index contributed by atoms with van der Waals surface area (Å²) < 4.78 is 0. The molecule has 0 aromatic carbocycles. The third kappa shape index (κ3) is 6.56. The number of urea groups is 1. The molecule has 20 heavy (non-hydrogen) atoms. The smallest absolute Gasteiger partial charge is 0.315 e. The van der Waals surface area contributed by atoms with Crippen LogP contribution in [0.2, 0.25) is 0 Å². The number of carboxylic acids is 1. The van der Waals surface area contributed by atoms with Crippen LogP contribution in [0.5, 0.6) is 0 Å². The molecule has 2 amide bonds. The number of amides is 2. The van der Waals surface area contributed by atoms with Gasteiger partial charge in [-0.2, -0.15) is 0 Å². The Balaban J connectivity index is 2.26. The molecule has 2 atom stereocenters. The van der Waals surface area contributed by atoms with Gasteiger partial charge in [0, 0.05) is 30.3 Å². The second kappa shape index (κ2) is 8.58. The average molecular weight is 298 g/mol. The van der Waals surface area contributed by atoms with E-state index in [-0.39, 0.29) is 24.4 Å². The molecule has 3 N–H and O–H groups in total. The monoisotopic (exact) mass is 298 g/mol. The Kier molecular flexibility index (Phi) is 7.08. The van der Waals surface area contributed by atoms with Crippen LogP contribution in [0.15, 0.2) is 17.5 Å². The standard InChI is InChI=1S/C14H22N2O3S/c1-3-11(8-13(17)18)9-15-14(19)16-10(2)7-12-5-4-6-20-12/h4-6,10-11H,3,7-9H2,1-2H3,(H,17,18)(H2,15,16,19). The predicted molar refractivity (Wildman–Crippen MR) is 80.1 cm³/mol. The van der Waals surface area contributed by atoms with Crippen LogP contribution in [0.1, 0.15) is 31.6 Å². The van der Waals surface area contributed by atoms with Crippen molar-refractivity contribution in [2.75, 3.05) is 6.54 Å². The zero-order chi connectivity index (χ0) is 15.0. The molecule has 1 heterocycles. The van der Waals surface area contributed by atoms with Crippen molar-refractivity contribution in [3.63, 3.8) is 0 Å². The molecule has 1 rings (SSSR count). The Hall–Kier alpha value is -1.56. The summed E-state index contributed by atoms with van der Waals surface area (Å²) in [7, 11) is 0. The lowest BCUT2D eigenvalue weighted by atomic mass is 10.0. The first kappa shape index (κ1) is 16.5. The molecule has 0 aliphatic rings. The van der Waals surface area contributed by atoms with E-state index in [9.17, 15) is 9.59 Å². The van der Waals surface area contributed by atoms with Crippen LogP contribution in [-0.4, -0.2) is 29.7 Å². The van der Waals surface area contributed by atoms with Gasteiger partial charge in [-0.25, -0.2) is 4.79 Å². The van der Waals surface area contributed by atoms with E-state index in [1.807, 2.05) is 31.4 Å². The quantitative estimate of drug-likeness (QED) is 0.690. The van der Waals surface area contributed by atoms with Crippen LogP contribution in [0.25, 0.3) is 0 Å². The molecule has 0 radical (unpaired) electrons. The maximum atomic E-state index is 11.7. The summed E-state index contributed by atoms with van der Waals surface area (Å²) in [6.07, 6.45) is 1.62. The van der Waals surface area contributed by atoms with Gasteiger partial charge < -0.3 is 15.7 Å². The molecular formula is C14H22N2O3S. The van der Waals surface area contributed by atoms with Gasteiger partial charge in [0.05, 0.1) is 0 Å². The molecule has 0 saturated heterocycles. The maximum absolute atomic E-state index is 11.7. The summed E-state index contributed by atoms with van der Waals surface area (Å²) in [5.74, 6) is -0.851. The zero-order valence-electron chi connectivity index (χ0n) is 11.9. The number of hydrogen-bond donors (Lipinski definition) is 3. The van der Waals surface area contributed by atoms with E-state index in [0.717, 1.165) is 12.8 Å². The molecule has 1 aromatic rings. The number of rotatable bonds is 8. The largest absolute Gasteiger partial charge is 0.481 e. The fraction of sp³-hybridized carbons (Fsp3) is 0.571. The minimum absolute atomic E-state index is 0.0224. The van der Waals surface area contributed by atoms with Crippen LogP contribution in [0, 0.1) is 5.92 Å². The third-order valence-corrected chi connectivity index (χ3v) is 3.96. The topological polar surface area (TPSA) is 78.4 Å². The van der Waals surface area contributed by atoms with Crippen LogP contribution >= 0.6 is 11.3 Å². The SMILES string of the molecule is CCC(CNC(=O)NC(C)Cc1cccs1)CC(=O)O. The lowest BCUT2D eigenvalue weighted by Crippen LogP contribution is -2.43. The predicted octanol–water partition coefficient (Wildman–Crippen LogP) is 2.48. The Morgan fingerprint density at radius 1 is 1.45 bits per heavy atom.